The molecule has 1 heterocycles. The van der Waals surface area contributed by atoms with Gasteiger partial charge in [0.05, 0.1) is 6.61 Å². The summed E-state index contributed by atoms with van der Waals surface area (Å²) in [7, 11) is 0. The molecular formula is C11H15N3O2. The van der Waals surface area contributed by atoms with Crippen molar-refractivity contribution < 1.29 is 9.53 Å². The second-order valence-corrected chi connectivity index (χ2v) is 3.40. The first-order chi connectivity index (χ1) is 7.72. The minimum atomic E-state index is -0.328. The van der Waals surface area contributed by atoms with Gasteiger partial charge in [-0.3, -0.25) is 0 Å². The number of epoxide rings is 1. The van der Waals surface area contributed by atoms with Gasteiger partial charge in [0.2, 0.25) is 0 Å². The number of ether oxygens (including phenoxy) is 1. The molecule has 0 bridgehead atoms. The summed E-state index contributed by atoms with van der Waals surface area (Å²) >= 11 is 0. The van der Waals surface area contributed by atoms with E-state index in [0.29, 0.717) is 26.2 Å². The van der Waals surface area contributed by atoms with E-state index >= 15 is 0 Å². The number of hydrogen-bond donors (Lipinski definition) is 0. The zero-order valence-corrected chi connectivity index (χ0v) is 9.13. The number of amides is 2. The molecule has 0 spiro atoms. The lowest BCUT2D eigenvalue weighted by Gasteiger charge is -2.20. The molecule has 1 rings (SSSR count). The van der Waals surface area contributed by atoms with E-state index in [2.05, 4.69) is 18.1 Å². The Morgan fingerprint density at radius 2 is 2.06 bits per heavy atom. The van der Waals surface area contributed by atoms with Gasteiger partial charge in [0.1, 0.15) is 12.6 Å². The fraction of sp³-hybridized carbons (Fsp3) is 0.455. The van der Waals surface area contributed by atoms with Crippen LogP contribution in [0.5, 0.6) is 0 Å². The molecule has 0 N–H and O–H groups in total. The molecule has 2 amide bonds. The third-order valence-electron chi connectivity index (χ3n) is 2.09. The Bertz CT molecular complexity index is 308. The summed E-state index contributed by atoms with van der Waals surface area (Å²) in [6.07, 6.45) is 3.27. The van der Waals surface area contributed by atoms with E-state index in [9.17, 15) is 4.79 Å². The molecule has 1 aliphatic heterocycles. The molecule has 1 unspecified atom stereocenters. The van der Waals surface area contributed by atoms with Crippen LogP contribution in [0.3, 0.4) is 0 Å². The first kappa shape index (κ1) is 12.3. The molecule has 1 fully saturated rings. The predicted octanol–water partition coefficient (Wildman–Crippen LogP) is 1.32. The van der Waals surface area contributed by atoms with Gasteiger partial charge in [0, 0.05) is 13.1 Å². The van der Waals surface area contributed by atoms with E-state index < -0.39 is 0 Å². The minimum absolute atomic E-state index is 0.0207. The van der Waals surface area contributed by atoms with Gasteiger partial charge < -0.3 is 9.64 Å². The number of carbonyl (C=O) groups is 1. The molecule has 1 atom stereocenters. The van der Waals surface area contributed by atoms with Crippen LogP contribution in [0.4, 0.5) is 4.79 Å². The predicted molar refractivity (Wildman–Crippen MR) is 60.4 cm³/mol. The smallest absolute Gasteiger partial charge is 0.371 e. The Morgan fingerprint density at radius 1 is 1.50 bits per heavy atom. The van der Waals surface area contributed by atoms with Crippen molar-refractivity contribution in [2.75, 3.05) is 26.2 Å². The molecule has 5 nitrogen and oxygen atoms in total. The van der Waals surface area contributed by atoms with Crippen molar-refractivity contribution in [1.82, 2.24) is 9.91 Å². The Morgan fingerprint density at radius 3 is 2.44 bits per heavy atom. The quantitative estimate of drug-likeness (QED) is 0.294. The minimum Gasteiger partial charge on any atom is -0.371 e. The highest BCUT2D eigenvalue weighted by Gasteiger charge is 2.33. The maximum Gasteiger partial charge on any atom is 0.386 e. The van der Waals surface area contributed by atoms with Crippen molar-refractivity contribution in [3.63, 3.8) is 0 Å². The average Bonchev–Trinajstić information content (AvgIpc) is 3.08. The summed E-state index contributed by atoms with van der Waals surface area (Å²) in [6.45, 7) is 15.9. The van der Waals surface area contributed by atoms with Crippen LogP contribution in [0.1, 0.15) is 0 Å². The molecule has 1 aliphatic rings. The SMILES string of the molecule is [C-]#[N+]N(CC1CO1)C(=O)N(CC=C)CC=C. The van der Waals surface area contributed by atoms with Crippen LogP contribution in [-0.4, -0.2) is 48.3 Å². The zero-order valence-electron chi connectivity index (χ0n) is 9.13. The Hall–Kier alpha value is -1.80. The van der Waals surface area contributed by atoms with Crippen LogP contribution in [-0.2, 0) is 4.74 Å². The van der Waals surface area contributed by atoms with Crippen LogP contribution in [0.15, 0.2) is 25.3 Å². The summed E-state index contributed by atoms with van der Waals surface area (Å²) in [5, 5.41) is 1.09. The van der Waals surface area contributed by atoms with Crippen molar-refractivity contribution in [3.8, 4) is 0 Å². The van der Waals surface area contributed by atoms with E-state index in [1.807, 2.05) is 0 Å². The van der Waals surface area contributed by atoms with Gasteiger partial charge in [0.15, 0.2) is 0 Å². The topological polar surface area (TPSA) is 40.4 Å². The summed E-state index contributed by atoms with van der Waals surface area (Å²) in [5.74, 6) is 0. The molecule has 0 saturated carbocycles. The molecule has 0 aromatic carbocycles. The molecule has 1 saturated heterocycles. The van der Waals surface area contributed by atoms with Gasteiger partial charge in [-0.2, -0.15) is 11.5 Å². The number of rotatable bonds is 6. The van der Waals surface area contributed by atoms with Crippen LogP contribution in [0.2, 0.25) is 0 Å². The molecule has 0 aromatic rings. The van der Waals surface area contributed by atoms with Gasteiger partial charge in [-0.05, 0) is 5.01 Å². The monoisotopic (exact) mass is 221 g/mol. The zero-order chi connectivity index (χ0) is 12.0. The third kappa shape index (κ3) is 3.41. The summed E-state index contributed by atoms with van der Waals surface area (Å²) in [6, 6.07) is -0.328. The lowest BCUT2D eigenvalue weighted by atomic mass is 10.4. The number of nitrogens with zero attached hydrogens (tertiary/aromatic N) is 3. The molecule has 86 valence electrons. The third-order valence-corrected chi connectivity index (χ3v) is 2.09. The number of carbonyl (C=O) groups excluding carboxylic acids is 1. The molecule has 0 radical (unpaired) electrons. The summed E-state index contributed by atoms with van der Waals surface area (Å²) in [5.41, 5.74) is 0. The van der Waals surface area contributed by atoms with Crippen LogP contribution in [0.25, 0.3) is 4.95 Å². The summed E-state index contributed by atoms with van der Waals surface area (Å²) in [4.78, 5) is 16.6. The van der Waals surface area contributed by atoms with Crippen LogP contribution in [0, 0.1) is 6.57 Å². The normalized spacial score (nSPS) is 17.1. The van der Waals surface area contributed by atoms with Crippen molar-refractivity contribution in [2.24, 2.45) is 0 Å². The van der Waals surface area contributed by atoms with Crippen molar-refractivity contribution >= 4 is 6.03 Å². The maximum absolute atomic E-state index is 11.9. The highest BCUT2D eigenvalue weighted by atomic mass is 16.6. The maximum atomic E-state index is 11.9. The fourth-order valence-corrected chi connectivity index (χ4v) is 1.23. The van der Waals surface area contributed by atoms with Crippen LogP contribution < -0.4 is 0 Å². The summed E-state index contributed by atoms with van der Waals surface area (Å²) < 4.78 is 4.99. The molecule has 0 aromatic heterocycles. The standard InChI is InChI=1S/C11H15N3O2/c1-4-6-13(7-5-2)11(15)14(12-3)8-10-9-16-10/h4-5,10H,1-2,6-9H2. The van der Waals surface area contributed by atoms with Gasteiger partial charge in [-0.1, -0.05) is 12.2 Å². The van der Waals surface area contributed by atoms with Crippen molar-refractivity contribution in [1.29, 1.82) is 0 Å². The fourth-order valence-electron chi connectivity index (χ4n) is 1.23. The first-order valence-corrected chi connectivity index (χ1v) is 5.00. The lowest BCUT2D eigenvalue weighted by molar-refractivity contribution is 0.174. The van der Waals surface area contributed by atoms with E-state index in [1.165, 1.54) is 4.90 Å². The second-order valence-electron chi connectivity index (χ2n) is 3.40. The molecule has 0 aliphatic carbocycles. The molecule has 16 heavy (non-hydrogen) atoms. The first-order valence-electron chi connectivity index (χ1n) is 5.00. The van der Waals surface area contributed by atoms with Gasteiger partial charge >= 0.3 is 6.03 Å². The Labute approximate surface area is 95.4 Å². The average molecular weight is 221 g/mol. The Balaban J connectivity index is 2.57. The van der Waals surface area contributed by atoms with E-state index in [0.717, 1.165) is 5.01 Å². The van der Waals surface area contributed by atoms with Crippen molar-refractivity contribution in [3.05, 3.63) is 36.8 Å². The van der Waals surface area contributed by atoms with E-state index in [1.54, 1.807) is 12.2 Å². The van der Waals surface area contributed by atoms with E-state index in [-0.39, 0.29) is 12.1 Å². The van der Waals surface area contributed by atoms with Crippen LogP contribution >= 0.6 is 0 Å². The Kier molecular flexibility index (Phi) is 4.55. The number of hydrogen-bond acceptors (Lipinski definition) is 2. The highest BCUT2D eigenvalue weighted by Crippen LogP contribution is 2.12. The highest BCUT2D eigenvalue weighted by molar-refractivity contribution is 5.75. The van der Waals surface area contributed by atoms with Gasteiger partial charge in [-0.25, -0.2) is 4.79 Å². The van der Waals surface area contributed by atoms with E-state index in [4.69, 9.17) is 11.3 Å². The van der Waals surface area contributed by atoms with Gasteiger partial charge in [0.25, 0.3) is 0 Å². The van der Waals surface area contributed by atoms with Crippen molar-refractivity contribution in [2.45, 2.75) is 6.10 Å². The second kappa shape index (κ2) is 5.93. The largest absolute Gasteiger partial charge is 0.386 e. The lowest BCUT2D eigenvalue weighted by Crippen LogP contribution is -2.41. The number of urea groups is 1. The molecule has 5 heteroatoms. The molecular weight excluding hydrogens is 206 g/mol. The van der Waals surface area contributed by atoms with Gasteiger partial charge in [-0.15, -0.1) is 13.2 Å².